The summed E-state index contributed by atoms with van der Waals surface area (Å²) in [6.07, 6.45) is 3.03. The van der Waals surface area contributed by atoms with Crippen LogP contribution in [0.1, 0.15) is 26.2 Å². The molecule has 64 valence electrons. The molecule has 1 rings (SSSR count). The van der Waals surface area contributed by atoms with Crippen molar-refractivity contribution in [3.05, 3.63) is 0 Å². The number of likely N-dealkylation sites (N-methyl/N-ethyl adjacent to an activating group) is 1. The highest BCUT2D eigenvalue weighted by Crippen LogP contribution is 2.25. The van der Waals surface area contributed by atoms with Gasteiger partial charge >= 0.3 is 0 Å². The molecule has 11 heavy (non-hydrogen) atoms. The zero-order valence-electron chi connectivity index (χ0n) is 7.21. The molecule has 0 spiro atoms. The van der Waals surface area contributed by atoms with Crippen molar-refractivity contribution in [2.45, 2.75) is 38.3 Å². The maximum absolute atomic E-state index is 11.4. The minimum atomic E-state index is -0.291. The predicted molar refractivity (Wildman–Crippen MR) is 44.1 cm³/mol. The standard InChI is InChI=1S/C8H16N2O/c1-3-7(9)8(11)10(2)6-4-5-6/h6-7H,3-5,9H2,1-2H3. The van der Waals surface area contributed by atoms with Gasteiger partial charge in [0.2, 0.25) is 5.91 Å². The maximum atomic E-state index is 11.4. The summed E-state index contributed by atoms with van der Waals surface area (Å²) in [5.74, 6) is 0.0926. The average molecular weight is 156 g/mol. The predicted octanol–water partition coefficient (Wildman–Crippen LogP) is 0.344. The first-order chi connectivity index (χ1) is 5.16. The zero-order valence-corrected chi connectivity index (χ0v) is 7.21. The third kappa shape index (κ3) is 1.93. The molecule has 0 bridgehead atoms. The lowest BCUT2D eigenvalue weighted by molar-refractivity contribution is -0.131. The van der Waals surface area contributed by atoms with Crippen LogP contribution in [-0.2, 0) is 4.79 Å². The van der Waals surface area contributed by atoms with Crippen molar-refractivity contribution in [2.75, 3.05) is 7.05 Å². The Labute approximate surface area is 67.5 Å². The lowest BCUT2D eigenvalue weighted by Crippen LogP contribution is -2.42. The molecular weight excluding hydrogens is 140 g/mol. The Balaban J connectivity index is 2.38. The smallest absolute Gasteiger partial charge is 0.239 e. The molecule has 3 heteroatoms. The third-order valence-electron chi connectivity index (χ3n) is 2.20. The van der Waals surface area contributed by atoms with E-state index in [1.807, 2.05) is 14.0 Å². The second-order valence-electron chi connectivity index (χ2n) is 3.20. The zero-order chi connectivity index (χ0) is 8.43. The normalized spacial score (nSPS) is 19.5. The summed E-state index contributed by atoms with van der Waals surface area (Å²) in [4.78, 5) is 13.1. The van der Waals surface area contributed by atoms with Gasteiger partial charge in [-0.25, -0.2) is 0 Å². The van der Waals surface area contributed by atoms with Crippen LogP contribution in [0.4, 0.5) is 0 Å². The van der Waals surface area contributed by atoms with Gasteiger partial charge in [-0.3, -0.25) is 4.79 Å². The van der Waals surface area contributed by atoms with Crippen molar-refractivity contribution in [3.8, 4) is 0 Å². The number of nitrogens with two attached hydrogens (primary N) is 1. The lowest BCUT2D eigenvalue weighted by atomic mass is 10.2. The van der Waals surface area contributed by atoms with Crippen LogP contribution < -0.4 is 5.73 Å². The summed E-state index contributed by atoms with van der Waals surface area (Å²) >= 11 is 0. The van der Waals surface area contributed by atoms with Gasteiger partial charge in [0.15, 0.2) is 0 Å². The minimum Gasteiger partial charge on any atom is -0.341 e. The average Bonchev–Trinajstić information content (AvgIpc) is 2.82. The van der Waals surface area contributed by atoms with Crippen LogP contribution in [0.15, 0.2) is 0 Å². The fourth-order valence-corrected chi connectivity index (χ4v) is 1.08. The molecule has 2 N–H and O–H groups in total. The van der Waals surface area contributed by atoms with E-state index in [2.05, 4.69) is 0 Å². The monoisotopic (exact) mass is 156 g/mol. The van der Waals surface area contributed by atoms with Crippen molar-refractivity contribution in [2.24, 2.45) is 5.73 Å². The molecule has 0 aromatic rings. The number of carbonyl (C=O) groups is 1. The molecule has 1 fully saturated rings. The van der Waals surface area contributed by atoms with Crippen LogP contribution in [-0.4, -0.2) is 29.9 Å². The van der Waals surface area contributed by atoms with E-state index < -0.39 is 0 Å². The van der Waals surface area contributed by atoms with E-state index in [0.29, 0.717) is 6.04 Å². The number of nitrogens with zero attached hydrogens (tertiary/aromatic N) is 1. The molecule has 0 heterocycles. The van der Waals surface area contributed by atoms with Crippen LogP contribution in [0.25, 0.3) is 0 Å². The lowest BCUT2D eigenvalue weighted by Gasteiger charge is -2.19. The number of hydrogen-bond acceptors (Lipinski definition) is 2. The highest BCUT2D eigenvalue weighted by atomic mass is 16.2. The summed E-state index contributed by atoms with van der Waals surface area (Å²) in [7, 11) is 1.84. The molecular formula is C8H16N2O. The van der Waals surface area contributed by atoms with Crippen molar-refractivity contribution in [3.63, 3.8) is 0 Å². The first kappa shape index (κ1) is 8.53. The van der Waals surface area contributed by atoms with E-state index >= 15 is 0 Å². The topological polar surface area (TPSA) is 46.3 Å². The largest absolute Gasteiger partial charge is 0.341 e. The summed E-state index contributed by atoms with van der Waals surface area (Å²) in [5.41, 5.74) is 5.59. The van der Waals surface area contributed by atoms with E-state index in [9.17, 15) is 4.79 Å². The Kier molecular flexibility index (Phi) is 2.49. The van der Waals surface area contributed by atoms with E-state index in [0.717, 1.165) is 19.3 Å². The summed E-state index contributed by atoms with van der Waals surface area (Å²) in [6.45, 7) is 1.93. The van der Waals surface area contributed by atoms with Crippen LogP contribution in [0.3, 0.4) is 0 Å². The molecule has 0 saturated heterocycles. The van der Waals surface area contributed by atoms with E-state index in [-0.39, 0.29) is 11.9 Å². The van der Waals surface area contributed by atoms with Gasteiger partial charge in [0, 0.05) is 13.1 Å². The molecule has 1 aliphatic rings. The highest BCUT2D eigenvalue weighted by Gasteiger charge is 2.31. The molecule has 1 aliphatic carbocycles. The Bertz CT molecular complexity index is 154. The van der Waals surface area contributed by atoms with Gasteiger partial charge in [-0.05, 0) is 19.3 Å². The second-order valence-corrected chi connectivity index (χ2v) is 3.20. The number of carbonyl (C=O) groups excluding carboxylic acids is 1. The first-order valence-electron chi connectivity index (χ1n) is 4.19. The maximum Gasteiger partial charge on any atom is 0.239 e. The molecule has 1 saturated carbocycles. The van der Waals surface area contributed by atoms with Crippen molar-refractivity contribution in [1.82, 2.24) is 4.90 Å². The van der Waals surface area contributed by atoms with Gasteiger partial charge in [0.25, 0.3) is 0 Å². The first-order valence-corrected chi connectivity index (χ1v) is 4.19. The molecule has 3 nitrogen and oxygen atoms in total. The summed E-state index contributed by atoms with van der Waals surface area (Å²) in [6, 6.07) is 0.195. The fourth-order valence-electron chi connectivity index (χ4n) is 1.08. The molecule has 0 aliphatic heterocycles. The minimum absolute atomic E-state index is 0.0926. The van der Waals surface area contributed by atoms with E-state index in [1.54, 1.807) is 4.90 Å². The fraction of sp³-hybridized carbons (Fsp3) is 0.875. The Morgan fingerprint density at radius 1 is 1.73 bits per heavy atom. The summed E-state index contributed by atoms with van der Waals surface area (Å²) < 4.78 is 0. The van der Waals surface area contributed by atoms with Crippen molar-refractivity contribution >= 4 is 5.91 Å². The highest BCUT2D eigenvalue weighted by molar-refractivity contribution is 5.81. The van der Waals surface area contributed by atoms with Crippen molar-refractivity contribution < 1.29 is 4.79 Å². The van der Waals surface area contributed by atoms with Gasteiger partial charge in [0.05, 0.1) is 6.04 Å². The van der Waals surface area contributed by atoms with Gasteiger partial charge in [-0.1, -0.05) is 6.92 Å². The Morgan fingerprint density at radius 3 is 2.64 bits per heavy atom. The molecule has 0 aromatic carbocycles. The van der Waals surface area contributed by atoms with Gasteiger partial charge < -0.3 is 10.6 Å². The van der Waals surface area contributed by atoms with Crippen LogP contribution in [0, 0.1) is 0 Å². The van der Waals surface area contributed by atoms with Crippen LogP contribution in [0.5, 0.6) is 0 Å². The molecule has 0 radical (unpaired) electrons. The molecule has 0 aromatic heterocycles. The van der Waals surface area contributed by atoms with Gasteiger partial charge in [0.1, 0.15) is 0 Å². The van der Waals surface area contributed by atoms with Crippen LogP contribution in [0.2, 0.25) is 0 Å². The van der Waals surface area contributed by atoms with Gasteiger partial charge in [-0.2, -0.15) is 0 Å². The quantitative estimate of drug-likeness (QED) is 0.640. The number of hydrogen-bond donors (Lipinski definition) is 1. The van der Waals surface area contributed by atoms with E-state index in [4.69, 9.17) is 5.73 Å². The third-order valence-corrected chi connectivity index (χ3v) is 2.20. The molecule has 1 amide bonds. The molecule has 1 unspecified atom stereocenters. The molecule has 1 atom stereocenters. The van der Waals surface area contributed by atoms with Crippen molar-refractivity contribution in [1.29, 1.82) is 0 Å². The number of amides is 1. The summed E-state index contributed by atoms with van der Waals surface area (Å²) in [5, 5.41) is 0. The van der Waals surface area contributed by atoms with Crippen LogP contribution >= 0.6 is 0 Å². The number of rotatable bonds is 3. The van der Waals surface area contributed by atoms with E-state index in [1.165, 1.54) is 0 Å². The second kappa shape index (κ2) is 3.22. The van der Waals surface area contributed by atoms with Gasteiger partial charge in [-0.15, -0.1) is 0 Å². The Hall–Kier alpha value is -0.570. The SMILES string of the molecule is CCC(N)C(=O)N(C)C1CC1. The Morgan fingerprint density at radius 2 is 2.27 bits per heavy atom.